The van der Waals surface area contributed by atoms with E-state index in [1.165, 1.54) is 0 Å². The average molecular weight is 542 g/mol. The Balaban J connectivity index is 5.69. The minimum absolute atomic E-state index is 0.0692. The SMILES string of the molecule is CC[C@H](C)[C@H](N)C(=O)N[C@H](C(=O)N[C@H](C(=O)N[C@H](C(=O)N[C@H](C(=O)O)[C@@H](C)CC)C(C)C)C(C)C)C(C)C. The number of hydrogen-bond acceptors (Lipinski definition) is 6. The lowest BCUT2D eigenvalue weighted by atomic mass is 9.95. The van der Waals surface area contributed by atoms with Gasteiger partial charge in [-0.2, -0.15) is 0 Å². The maximum absolute atomic E-state index is 13.3. The number of nitrogens with one attached hydrogen (secondary N) is 4. The lowest BCUT2D eigenvalue weighted by molar-refractivity contribution is -0.144. The fourth-order valence-electron chi connectivity index (χ4n) is 3.78. The van der Waals surface area contributed by atoms with Crippen LogP contribution >= 0.6 is 0 Å². The van der Waals surface area contributed by atoms with Gasteiger partial charge < -0.3 is 32.1 Å². The number of carbonyl (C=O) groups is 5. The number of aliphatic carboxylic acids is 1. The molecule has 0 aliphatic carbocycles. The third kappa shape index (κ3) is 10.6. The van der Waals surface area contributed by atoms with E-state index in [-0.39, 0.29) is 29.6 Å². The van der Waals surface area contributed by atoms with Crippen molar-refractivity contribution in [3.05, 3.63) is 0 Å². The summed E-state index contributed by atoms with van der Waals surface area (Å²) < 4.78 is 0. The molecule has 0 saturated carbocycles. The second-order valence-corrected chi connectivity index (χ2v) is 11.3. The molecule has 0 saturated heterocycles. The molecule has 0 aliphatic rings. The normalized spacial score (nSPS) is 17.1. The van der Waals surface area contributed by atoms with Gasteiger partial charge in [0.05, 0.1) is 6.04 Å². The van der Waals surface area contributed by atoms with E-state index in [4.69, 9.17) is 5.73 Å². The molecule has 7 atom stereocenters. The third-order valence-electron chi connectivity index (χ3n) is 7.08. The molecule has 11 nitrogen and oxygen atoms in total. The minimum Gasteiger partial charge on any atom is -0.480 e. The largest absolute Gasteiger partial charge is 0.480 e. The maximum atomic E-state index is 13.3. The van der Waals surface area contributed by atoms with Gasteiger partial charge in [0.2, 0.25) is 23.6 Å². The molecule has 0 aromatic rings. The van der Waals surface area contributed by atoms with Gasteiger partial charge in [0.15, 0.2) is 0 Å². The summed E-state index contributed by atoms with van der Waals surface area (Å²) in [4.78, 5) is 63.8. The molecule has 0 bridgehead atoms. The lowest BCUT2D eigenvalue weighted by Crippen LogP contribution is -2.61. The first-order chi connectivity index (χ1) is 17.5. The van der Waals surface area contributed by atoms with E-state index in [1.807, 2.05) is 20.8 Å². The molecule has 38 heavy (non-hydrogen) atoms. The van der Waals surface area contributed by atoms with Crippen LogP contribution in [0.25, 0.3) is 0 Å². The minimum atomic E-state index is -1.15. The monoisotopic (exact) mass is 541 g/mol. The zero-order valence-corrected chi connectivity index (χ0v) is 24.8. The van der Waals surface area contributed by atoms with Gasteiger partial charge in [0, 0.05) is 0 Å². The molecule has 0 aromatic heterocycles. The molecule has 0 unspecified atom stereocenters. The predicted molar refractivity (Wildman–Crippen MR) is 147 cm³/mol. The Labute approximate surface area is 227 Å². The van der Waals surface area contributed by atoms with Gasteiger partial charge in [-0.1, -0.05) is 82.1 Å². The van der Waals surface area contributed by atoms with Gasteiger partial charge in [-0.25, -0.2) is 4.79 Å². The summed E-state index contributed by atoms with van der Waals surface area (Å²) in [5, 5.41) is 20.2. The molecule has 7 N–H and O–H groups in total. The van der Waals surface area contributed by atoms with Crippen LogP contribution in [0.1, 0.15) is 82.1 Å². The number of amides is 4. The van der Waals surface area contributed by atoms with E-state index in [2.05, 4.69) is 21.3 Å². The van der Waals surface area contributed by atoms with Crippen LogP contribution in [-0.2, 0) is 24.0 Å². The van der Waals surface area contributed by atoms with Crippen LogP contribution in [-0.4, -0.2) is 64.9 Å². The van der Waals surface area contributed by atoms with E-state index >= 15 is 0 Å². The smallest absolute Gasteiger partial charge is 0.326 e. The molecule has 0 spiro atoms. The van der Waals surface area contributed by atoms with Gasteiger partial charge in [-0.3, -0.25) is 19.2 Å². The van der Waals surface area contributed by atoms with E-state index in [1.54, 1.807) is 48.5 Å². The van der Waals surface area contributed by atoms with Gasteiger partial charge in [0.25, 0.3) is 0 Å². The van der Waals surface area contributed by atoms with Crippen molar-refractivity contribution in [1.29, 1.82) is 0 Å². The first-order valence-electron chi connectivity index (χ1n) is 13.7. The van der Waals surface area contributed by atoms with Crippen LogP contribution in [0.2, 0.25) is 0 Å². The number of carbonyl (C=O) groups excluding carboxylic acids is 4. The summed E-state index contributed by atoms with van der Waals surface area (Å²) in [5.41, 5.74) is 6.03. The molecule has 0 heterocycles. The van der Waals surface area contributed by atoms with Gasteiger partial charge >= 0.3 is 5.97 Å². The highest BCUT2D eigenvalue weighted by Crippen LogP contribution is 2.13. The van der Waals surface area contributed by atoms with Crippen LogP contribution < -0.4 is 27.0 Å². The highest BCUT2D eigenvalue weighted by Gasteiger charge is 2.35. The Hall–Kier alpha value is -2.69. The van der Waals surface area contributed by atoms with Crippen molar-refractivity contribution in [3.8, 4) is 0 Å². The highest BCUT2D eigenvalue weighted by atomic mass is 16.4. The molecule has 0 fully saturated rings. The molecular weight excluding hydrogens is 490 g/mol. The van der Waals surface area contributed by atoms with E-state index in [0.717, 1.165) is 0 Å². The summed E-state index contributed by atoms with van der Waals surface area (Å²) in [6.45, 7) is 17.9. The molecule has 4 amide bonds. The molecule has 0 aromatic carbocycles. The van der Waals surface area contributed by atoms with Crippen molar-refractivity contribution in [2.45, 2.75) is 112 Å². The van der Waals surface area contributed by atoms with Crippen LogP contribution in [0.4, 0.5) is 0 Å². The zero-order valence-electron chi connectivity index (χ0n) is 24.8. The number of carboxylic acid groups (broad SMARTS) is 1. The summed E-state index contributed by atoms with van der Waals surface area (Å²) in [5.74, 6) is -4.66. The number of carboxylic acids is 1. The van der Waals surface area contributed by atoms with Crippen molar-refractivity contribution in [2.75, 3.05) is 0 Å². The number of hydrogen-bond donors (Lipinski definition) is 6. The van der Waals surface area contributed by atoms with E-state index < -0.39 is 59.8 Å². The average Bonchev–Trinajstić information content (AvgIpc) is 2.84. The van der Waals surface area contributed by atoms with Gasteiger partial charge in [0.1, 0.15) is 24.2 Å². The topological polar surface area (TPSA) is 180 Å². The Kier molecular flexibility index (Phi) is 15.2. The van der Waals surface area contributed by atoms with Gasteiger partial charge in [-0.15, -0.1) is 0 Å². The lowest BCUT2D eigenvalue weighted by Gasteiger charge is -2.30. The summed E-state index contributed by atoms with van der Waals surface area (Å²) >= 11 is 0. The van der Waals surface area contributed by atoms with E-state index in [9.17, 15) is 29.1 Å². The van der Waals surface area contributed by atoms with Crippen molar-refractivity contribution in [3.63, 3.8) is 0 Å². The van der Waals surface area contributed by atoms with Crippen molar-refractivity contribution >= 4 is 29.6 Å². The highest BCUT2D eigenvalue weighted by molar-refractivity contribution is 5.95. The molecule has 0 radical (unpaired) electrons. The van der Waals surface area contributed by atoms with Crippen molar-refractivity contribution in [2.24, 2.45) is 35.3 Å². The first kappa shape index (κ1) is 35.3. The van der Waals surface area contributed by atoms with Crippen LogP contribution in [0.5, 0.6) is 0 Å². The third-order valence-corrected chi connectivity index (χ3v) is 7.08. The molecule has 220 valence electrons. The summed E-state index contributed by atoms with van der Waals surface area (Å²) in [7, 11) is 0. The first-order valence-corrected chi connectivity index (χ1v) is 13.7. The summed E-state index contributed by atoms with van der Waals surface area (Å²) in [6, 6.07) is -4.79. The van der Waals surface area contributed by atoms with Crippen LogP contribution in [0.3, 0.4) is 0 Å². The van der Waals surface area contributed by atoms with Crippen LogP contribution in [0, 0.1) is 29.6 Å². The number of nitrogens with two attached hydrogens (primary N) is 1. The van der Waals surface area contributed by atoms with Gasteiger partial charge in [-0.05, 0) is 29.6 Å². The fourth-order valence-corrected chi connectivity index (χ4v) is 3.78. The Morgan fingerprint density at radius 1 is 0.553 bits per heavy atom. The Bertz CT molecular complexity index is 816. The second kappa shape index (κ2) is 16.3. The Morgan fingerprint density at radius 2 is 0.842 bits per heavy atom. The van der Waals surface area contributed by atoms with E-state index in [0.29, 0.717) is 12.8 Å². The standard InChI is InChI=1S/C27H51N5O6/c1-11-16(9)18(28)23(33)29-19(13(3)4)24(34)30-20(14(5)6)25(35)31-21(15(7)8)26(36)32-22(27(37)38)17(10)12-2/h13-22H,11-12,28H2,1-10H3,(H,29,33)(H,30,34)(H,31,35)(H,32,36)(H,37,38)/t16-,17-,18-,19-,20-,21-,22-/m0/s1. The molecule has 11 heteroatoms. The zero-order chi connectivity index (χ0) is 29.9. The fraction of sp³-hybridized carbons (Fsp3) is 0.815. The molecule has 0 rings (SSSR count). The van der Waals surface area contributed by atoms with Crippen LogP contribution in [0.15, 0.2) is 0 Å². The predicted octanol–water partition coefficient (Wildman–Crippen LogP) is 1.40. The molecule has 0 aliphatic heterocycles. The van der Waals surface area contributed by atoms with Crippen molar-refractivity contribution in [1.82, 2.24) is 21.3 Å². The maximum Gasteiger partial charge on any atom is 0.326 e. The quantitative estimate of drug-likeness (QED) is 0.171. The summed E-state index contributed by atoms with van der Waals surface area (Å²) in [6.07, 6.45) is 1.26. The Morgan fingerprint density at radius 3 is 1.11 bits per heavy atom. The number of rotatable bonds is 16. The van der Waals surface area contributed by atoms with Crippen molar-refractivity contribution < 1.29 is 29.1 Å². The molecular formula is C27H51N5O6. The second-order valence-electron chi connectivity index (χ2n) is 11.3.